The molecule has 1 heterocycles. The molecule has 0 spiro atoms. The number of carbonyl (C=O) groups is 1. The first-order valence-electron chi connectivity index (χ1n) is 11.4. The van der Waals surface area contributed by atoms with E-state index in [1.807, 2.05) is 36.4 Å². The highest BCUT2D eigenvalue weighted by Gasteiger charge is 2.12. The Hall–Kier alpha value is -4.06. The largest absolute Gasteiger partial charge is 0.493 e. The van der Waals surface area contributed by atoms with Gasteiger partial charge in [0, 0.05) is 25.1 Å². The fraction of sp³-hybridized carbons (Fsp3) is 0.214. The van der Waals surface area contributed by atoms with Gasteiger partial charge in [-0.3, -0.25) is 4.79 Å². The number of aryl methyl sites for hydroxylation is 1. The fourth-order valence-corrected chi connectivity index (χ4v) is 3.91. The van der Waals surface area contributed by atoms with E-state index >= 15 is 0 Å². The van der Waals surface area contributed by atoms with Gasteiger partial charge in [0.2, 0.25) is 0 Å². The third-order valence-electron chi connectivity index (χ3n) is 5.64. The lowest BCUT2D eigenvalue weighted by Gasteiger charge is -2.10. The number of aromatic nitrogens is 2. The van der Waals surface area contributed by atoms with E-state index in [1.165, 1.54) is 5.56 Å². The maximum atomic E-state index is 12.6. The van der Waals surface area contributed by atoms with Crippen molar-refractivity contribution in [3.63, 3.8) is 0 Å². The Labute approximate surface area is 199 Å². The minimum atomic E-state index is -0.139. The molecule has 0 saturated carbocycles. The SMILES string of the molecule is COc1ccc(C(=O)NCCCc2nc3ccccc3n2C/C=C/c2ccccc2)cc1OC. The van der Waals surface area contributed by atoms with Gasteiger partial charge in [0.1, 0.15) is 5.82 Å². The van der Waals surface area contributed by atoms with Gasteiger partial charge in [-0.15, -0.1) is 0 Å². The van der Waals surface area contributed by atoms with Crippen LogP contribution in [0.25, 0.3) is 17.1 Å². The number of imidazole rings is 1. The van der Waals surface area contributed by atoms with Crippen molar-refractivity contribution in [3.05, 3.63) is 95.8 Å². The monoisotopic (exact) mass is 455 g/mol. The van der Waals surface area contributed by atoms with Crippen molar-refractivity contribution >= 4 is 23.0 Å². The van der Waals surface area contributed by atoms with E-state index in [9.17, 15) is 4.79 Å². The van der Waals surface area contributed by atoms with Gasteiger partial charge in [0.25, 0.3) is 5.91 Å². The number of ether oxygens (including phenoxy) is 2. The van der Waals surface area contributed by atoms with Crippen molar-refractivity contribution in [2.75, 3.05) is 20.8 Å². The molecular formula is C28H29N3O3. The molecule has 0 aliphatic heterocycles. The van der Waals surface area contributed by atoms with Crippen molar-refractivity contribution in [2.24, 2.45) is 0 Å². The van der Waals surface area contributed by atoms with E-state index in [1.54, 1.807) is 32.4 Å². The van der Waals surface area contributed by atoms with Crippen LogP contribution in [0.5, 0.6) is 11.5 Å². The van der Waals surface area contributed by atoms with E-state index in [2.05, 4.69) is 40.2 Å². The molecule has 0 bridgehead atoms. The van der Waals surface area contributed by atoms with Crippen LogP contribution in [0.2, 0.25) is 0 Å². The Morgan fingerprint density at radius 3 is 2.53 bits per heavy atom. The number of carbonyl (C=O) groups excluding carboxylic acids is 1. The molecule has 3 aromatic carbocycles. The zero-order chi connectivity index (χ0) is 23.8. The van der Waals surface area contributed by atoms with Crippen LogP contribution in [0.15, 0.2) is 78.9 Å². The number of methoxy groups -OCH3 is 2. The molecule has 0 unspecified atom stereocenters. The molecule has 34 heavy (non-hydrogen) atoms. The molecule has 1 amide bonds. The van der Waals surface area contributed by atoms with E-state index in [0.717, 1.165) is 36.2 Å². The third-order valence-corrected chi connectivity index (χ3v) is 5.64. The maximum absolute atomic E-state index is 12.6. The van der Waals surface area contributed by atoms with Gasteiger partial charge in [0.05, 0.1) is 25.3 Å². The summed E-state index contributed by atoms with van der Waals surface area (Å²) in [6.45, 7) is 1.29. The number of nitrogens with one attached hydrogen (secondary N) is 1. The lowest BCUT2D eigenvalue weighted by atomic mass is 10.2. The molecule has 0 radical (unpaired) electrons. The summed E-state index contributed by atoms with van der Waals surface area (Å²) in [6.07, 6.45) is 5.83. The van der Waals surface area contributed by atoms with Crippen LogP contribution in [0, 0.1) is 0 Å². The van der Waals surface area contributed by atoms with E-state index < -0.39 is 0 Å². The molecule has 1 aromatic heterocycles. The zero-order valence-corrected chi connectivity index (χ0v) is 19.5. The van der Waals surface area contributed by atoms with Crippen LogP contribution in [0.4, 0.5) is 0 Å². The second kappa shape index (κ2) is 11.2. The lowest BCUT2D eigenvalue weighted by Crippen LogP contribution is -2.25. The highest BCUT2D eigenvalue weighted by atomic mass is 16.5. The standard InChI is InChI=1S/C28H29N3O3/c1-33-25-17-16-22(20-26(25)34-2)28(32)29-18-8-15-27-30-23-13-6-7-14-24(23)31(27)19-9-12-21-10-4-3-5-11-21/h3-7,9-14,16-17,20H,8,15,18-19H2,1-2H3,(H,29,32)/b12-9+. The van der Waals surface area contributed by atoms with Crippen LogP contribution in [0.3, 0.4) is 0 Å². The fourth-order valence-electron chi connectivity index (χ4n) is 3.91. The Morgan fingerprint density at radius 2 is 1.74 bits per heavy atom. The average molecular weight is 456 g/mol. The number of amides is 1. The second-order valence-electron chi connectivity index (χ2n) is 7.87. The molecule has 1 N–H and O–H groups in total. The van der Waals surface area contributed by atoms with Crippen molar-refractivity contribution in [3.8, 4) is 11.5 Å². The molecule has 0 aliphatic rings. The highest BCUT2D eigenvalue weighted by molar-refractivity contribution is 5.94. The van der Waals surface area contributed by atoms with Gasteiger partial charge in [-0.25, -0.2) is 4.98 Å². The van der Waals surface area contributed by atoms with Crippen LogP contribution < -0.4 is 14.8 Å². The molecule has 0 saturated heterocycles. The Morgan fingerprint density at radius 1 is 0.971 bits per heavy atom. The van der Waals surface area contributed by atoms with E-state index in [0.29, 0.717) is 23.6 Å². The molecule has 4 rings (SSSR count). The predicted molar refractivity (Wildman–Crippen MR) is 135 cm³/mol. The van der Waals surface area contributed by atoms with Gasteiger partial charge in [0.15, 0.2) is 11.5 Å². The first-order chi connectivity index (χ1) is 16.7. The normalized spacial score (nSPS) is 11.1. The van der Waals surface area contributed by atoms with Crippen LogP contribution >= 0.6 is 0 Å². The summed E-state index contributed by atoms with van der Waals surface area (Å²) in [6, 6.07) is 23.6. The Bertz CT molecular complexity index is 1280. The average Bonchev–Trinajstić information content (AvgIpc) is 3.24. The maximum Gasteiger partial charge on any atom is 0.251 e. The first-order valence-corrected chi connectivity index (χ1v) is 11.4. The van der Waals surface area contributed by atoms with Crippen LogP contribution in [-0.2, 0) is 13.0 Å². The van der Waals surface area contributed by atoms with Gasteiger partial charge in [-0.05, 0) is 42.3 Å². The minimum absolute atomic E-state index is 0.139. The van der Waals surface area contributed by atoms with Crippen molar-refractivity contribution in [1.29, 1.82) is 0 Å². The van der Waals surface area contributed by atoms with E-state index in [-0.39, 0.29) is 5.91 Å². The number of rotatable bonds is 10. The zero-order valence-electron chi connectivity index (χ0n) is 19.5. The number of para-hydroxylation sites is 2. The summed E-state index contributed by atoms with van der Waals surface area (Å²) in [4.78, 5) is 17.4. The topological polar surface area (TPSA) is 65.4 Å². The number of hydrogen-bond donors (Lipinski definition) is 1. The molecule has 0 aliphatic carbocycles. The molecular weight excluding hydrogens is 426 g/mol. The molecule has 174 valence electrons. The van der Waals surface area contributed by atoms with Gasteiger partial charge < -0.3 is 19.4 Å². The smallest absolute Gasteiger partial charge is 0.251 e. The number of fused-ring (bicyclic) bond motifs is 1. The first kappa shape index (κ1) is 23.1. The summed E-state index contributed by atoms with van der Waals surface area (Å²) in [7, 11) is 3.13. The molecule has 4 aromatic rings. The molecule has 6 heteroatoms. The lowest BCUT2D eigenvalue weighted by molar-refractivity contribution is 0.0952. The van der Waals surface area contributed by atoms with Gasteiger partial charge in [-0.1, -0.05) is 54.6 Å². The molecule has 0 atom stereocenters. The second-order valence-corrected chi connectivity index (χ2v) is 7.87. The summed E-state index contributed by atoms with van der Waals surface area (Å²) in [5.41, 5.74) is 3.81. The predicted octanol–water partition coefficient (Wildman–Crippen LogP) is 5.13. The summed E-state index contributed by atoms with van der Waals surface area (Å²) < 4.78 is 12.8. The minimum Gasteiger partial charge on any atom is -0.493 e. The summed E-state index contributed by atoms with van der Waals surface area (Å²) in [5.74, 6) is 2.01. The van der Waals surface area contributed by atoms with E-state index in [4.69, 9.17) is 14.5 Å². The van der Waals surface area contributed by atoms with Crippen LogP contribution in [0.1, 0.15) is 28.2 Å². The van der Waals surface area contributed by atoms with Crippen molar-refractivity contribution in [2.45, 2.75) is 19.4 Å². The Balaban J connectivity index is 1.39. The van der Waals surface area contributed by atoms with Gasteiger partial charge in [-0.2, -0.15) is 0 Å². The molecule has 6 nitrogen and oxygen atoms in total. The number of benzene rings is 3. The third kappa shape index (κ3) is 5.46. The quantitative estimate of drug-likeness (QED) is 0.337. The van der Waals surface area contributed by atoms with Crippen LogP contribution in [-0.4, -0.2) is 36.2 Å². The number of allylic oxidation sites excluding steroid dienone is 1. The highest BCUT2D eigenvalue weighted by Crippen LogP contribution is 2.27. The number of nitrogens with zero attached hydrogens (tertiary/aromatic N) is 2. The van der Waals surface area contributed by atoms with Crippen molar-refractivity contribution < 1.29 is 14.3 Å². The molecule has 0 fully saturated rings. The van der Waals surface area contributed by atoms with Crippen molar-refractivity contribution in [1.82, 2.24) is 14.9 Å². The van der Waals surface area contributed by atoms with Gasteiger partial charge >= 0.3 is 0 Å². The Kier molecular flexibility index (Phi) is 7.60. The number of hydrogen-bond acceptors (Lipinski definition) is 4. The summed E-state index contributed by atoms with van der Waals surface area (Å²) >= 11 is 0. The summed E-state index contributed by atoms with van der Waals surface area (Å²) in [5, 5.41) is 2.99.